The van der Waals surface area contributed by atoms with Crippen molar-refractivity contribution in [1.82, 2.24) is 0 Å². The van der Waals surface area contributed by atoms with Gasteiger partial charge in [0.25, 0.3) is 0 Å². The van der Waals surface area contributed by atoms with Gasteiger partial charge in [-0.3, -0.25) is 37.3 Å². The summed E-state index contributed by atoms with van der Waals surface area (Å²) in [5.74, 6) is -0.521. The van der Waals surface area contributed by atoms with Crippen LogP contribution < -0.4 is 0 Å². The number of phosphoric acid groups is 2. The Hall–Kier alpha value is -1.94. The van der Waals surface area contributed by atoms with Crippen molar-refractivity contribution in [3.8, 4) is 0 Å². The van der Waals surface area contributed by atoms with Gasteiger partial charge in [-0.25, -0.2) is 9.13 Å². The van der Waals surface area contributed by atoms with E-state index in [1.807, 2.05) is 0 Å². The van der Waals surface area contributed by atoms with E-state index in [1.165, 1.54) is 225 Å². The number of carbonyl (C=O) groups is 4. The van der Waals surface area contributed by atoms with E-state index in [1.54, 1.807) is 0 Å². The van der Waals surface area contributed by atoms with Gasteiger partial charge in [-0.05, 0) is 37.5 Å². The number of ether oxygens (including phenoxy) is 4. The highest BCUT2D eigenvalue weighted by Crippen LogP contribution is 2.45. The zero-order chi connectivity index (χ0) is 71.4. The molecular weight excluding hydrogens is 1270 g/mol. The Morgan fingerprint density at radius 2 is 0.474 bits per heavy atom. The maximum atomic E-state index is 13.1. The van der Waals surface area contributed by atoms with Gasteiger partial charge in [0.2, 0.25) is 0 Å². The van der Waals surface area contributed by atoms with Crippen molar-refractivity contribution in [2.24, 2.45) is 11.8 Å². The molecular formula is C78H152O17P2. The fourth-order valence-electron chi connectivity index (χ4n) is 12.0. The minimum Gasteiger partial charge on any atom is -0.462 e. The Morgan fingerprint density at radius 1 is 0.278 bits per heavy atom. The Morgan fingerprint density at radius 3 is 0.701 bits per heavy atom. The van der Waals surface area contributed by atoms with Crippen LogP contribution in [0, 0.1) is 11.8 Å². The zero-order valence-corrected chi connectivity index (χ0v) is 65.2. The van der Waals surface area contributed by atoms with Crippen LogP contribution in [0.25, 0.3) is 0 Å². The highest BCUT2D eigenvalue weighted by molar-refractivity contribution is 7.47. The third kappa shape index (κ3) is 72.2. The summed E-state index contributed by atoms with van der Waals surface area (Å²) < 4.78 is 68.6. The summed E-state index contributed by atoms with van der Waals surface area (Å²) in [5, 5.41) is 10.6. The topological polar surface area (TPSA) is 237 Å². The lowest BCUT2D eigenvalue weighted by atomic mass is 10.0. The van der Waals surface area contributed by atoms with E-state index in [9.17, 15) is 43.2 Å². The maximum Gasteiger partial charge on any atom is 0.472 e. The molecule has 0 aliphatic rings. The quantitative estimate of drug-likeness (QED) is 0.0222. The normalized spacial score (nSPS) is 14.0. The monoisotopic (exact) mass is 1420 g/mol. The largest absolute Gasteiger partial charge is 0.472 e. The first-order chi connectivity index (χ1) is 46.9. The Kier molecular flexibility index (Phi) is 68.4. The van der Waals surface area contributed by atoms with Crippen LogP contribution in [-0.2, 0) is 65.4 Å². The number of hydrogen-bond donors (Lipinski definition) is 3. The average molecular weight is 1420 g/mol. The summed E-state index contributed by atoms with van der Waals surface area (Å²) in [6, 6.07) is 0. The molecule has 19 heteroatoms. The molecule has 0 fully saturated rings. The van der Waals surface area contributed by atoms with Crippen molar-refractivity contribution < 1.29 is 80.2 Å². The highest BCUT2D eigenvalue weighted by Gasteiger charge is 2.30. The van der Waals surface area contributed by atoms with Gasteiger partial charge in [0.05, 0.1) is 26.4 Å². The molecule has 0 heterocycles. The van der Waals surface area contributed by atoms with E-state index < -0.39 is 97.5 Å². The summed E-state index contributed by atoms with van der Waals surface area (Å²) in [4.78, 5) is 72.8. The Labute approximate surface area is 594 Å². The van der Waals surface area contributed by atoms with Crippen LogP contribution in [0.5, 0.6) is 0 Å². The second-order valence-electron chi connectivity index (χ2n) is 29.1. The van der Waals surface area contributed by atoms with E-state index in [2.05, 4.69) is 41.5 Å². The number of aliphatic hydroxyl groups excluding tert-OH is 1. The Balaban J connectivity index is 5.20. The van der Waals surface area contributed by atoms with Crippen LogP contribution in [0.2, 0.25) is 0 Å². The van der Waals surface area contributed by atoms with Gasteiger partial charge in [-0.15, -0.1) is 0 Å². The van der Waals surface area contributed by atoms with E-state index in [4.69, 9.17) is 37.0 Å². The summed E-state index contributed by atoms with van der Waals surface area (Å²) in [6.07, 6.45) is 58.2. The lowest BCUT2D eigenvalue weighted by molar-refractivity contribution is -0.161. The molecule has 97 heavy (non-hydrogen) atoms. The zero-order valence-electron chi connectivity index (χ0n) is 63.4. The molecule has 0 amide bonds. The highest BCUT2D eigenvalue weighted by atomic mass is 31.2. The summed E-state index contributed by atoms with van der Waals surface area (Å²) >= 11 is 0. The number of aliphatic hydroxyl groups is 1. The summed E-state index contributed by atoms with van der Waals surface area (Å²) in [6.45, 7) is 9.64. The van der Waals surface area contributed by atoms with Crippen molar-refractivity contribution in [2.45, 2.75) is 426 Å². The molecule has 0 aromatic heterocycles. The number of hydrogen-bond acceptors (Lipinski definition) is 15. The second kappa shape index (κ2) is 69.8. The van der Waals surface area contributed by atoms with E-state index in [0.717, 1.165) is 102 Å². The molecule has 3 N–H and O–H groups in total. The standard InChI is InChI=1S/C78H152O17P2/c1-7-9-11-13-15-17-19-31-38-44-50-56-62-77(82)94-73(66-88-75(80)60-54-48-42-36-18-16-14-12-10-8-2)68-92-96(84,85)90-64-72(79)65-91-97(86,87)93-69-74(67-89-76(81)61-55-49-43-37-33-28-30-35-41-47-53-59-71(5)6)95-78(83)63-57-51-45-39-32-27-25-23-21-20-22-24-26-29-34-40-46-52-58-70(3)4/h70-74,79H,7-69H2,1-6H3,(H,84,85)(H,86,87)/t72-,73+,74+/m0/s1. The fraction of sp³-hybridized carbons (Fsp3) is 0.949. The molecule has 5 atom stereocenters. The minimum atomic E-state index is -4.96. The van der Waals surface area contributed by atoms with Gasteiger partial charge >= 0.3 is 39.5 Å². The first-order valence-electron chi connectivity index (χ1n) is 40.5. The van der Waals surface area contributed by atoms with Crippen molar-refractivity contribution in [2.75, 3.05) is 39.6 Å². The number of phosphoric ester groups is 2. The number of carbonyl (C=O) groups excluding carboxylic acids is 4. The lowest BCUT2D eigenvalue weighted by Gasteiger charge is -2.21. The molecule has 576 valence electrons. The predicted octanol–water partition coefficient (Wildman–Crippen LogP) is 23.1. The van der Waals surface area contributed by atoms with Gasteiger partial charge < -0.3 is 33.8 Å². The predicted molar refractivity (Wildman–Crippen MR) is 395 cm³/mol. The van der Waals surface area contributed by atoms with Gasteiger partial charge in [0.1, 0.15) is 19.3 Å². The molecule has 0 saturated carbocycles. The molecule has 0 radical (unpaired) electrons. The van der Waals surface area contributed by atoms with E-state index >= 15 is 0 Å². The van der Waals surface area contributed by atoms with E-state index in [0.29, 0.717) is 25.7 Å². The van der Waals surface area contributed by atoms with E-state index in [-0.39, 0.29) is 25.7 Å². The fourth-order valence-corrected chi connectivity index (χ4v) is 13.6. The number of esters is 4. The summed E-state index contributed by atoms with van der Waals surface area (Å²) in [5.41, 5.74) is 0. The molecule has 0 saturated heterocycles. The van der Waals surface area contributed by atoms with Gasteiger partial charge in [0, 0.05) is 25.7 Å². The third-order valence-electron chi connectivity index (χ3n) is 18.2. The minimum absolute atomic E-state index is 0.108. The van der Waals surface area contributed by atoms with Crippen molar-refractivity contribution in [1.29, 1.82) is 0 Å². The number of rotatable bonds is 77. The Bertz CT molecular complexity index is 1870. The molecule has 0 rings (SSSR count). The average Bonchev–Trinajstić information content (AvgIpc) is 1.04. The van der Waals surface area contributed by atoms with Gasteiger partial charge in [0.15, 0.2) is 12.2 Å². The van der Waals surface area contributed by atoms with Crippen LogP contribution in [0.1, 0.15) is 408 Å². The van der Waals surface area contributed by atoms with Crippen LogP contribution in [-0.4, -0.2) is 96.7 Å². The van der Waals surface area contributed by atoms with Crippen LogP contribution in [0.15, 0.2) is 0 Å². The number of unbranched alkanes of at least 4 members (excludes halogenated alkanes) is 47. The molecule has 0 bridgehead atoms. The summed E-state index contributed by atoms with van der Waals surface area (Å²) in [7, 11) is -9.91. The molecule has 0 aliphatic carbocycles. The van der Waals surface area contributed by atoms with Crippen LogP contribution >= 0.6 is 15.6 Å². The van der Waals surface area contributed by atoms with Crippen molar-refractivity contribution >= 4 is 39.5 Å². The van der Waals surface area contributed by atoms with Crippen LogP contribution in [0.3, 0.4) is 0 Å². The molecule has 17 nitrogen and oxygen atoms in total. The van der Waals surface area contributed by atoms with Gasteiger partial charge in [-0.1, -0.05) is 356 Å². The molecule has 2 unspecified atom stereocenters. The SMILES string of the molecule is CCCCCCCCCCCCCCC(=O)O[C@H](COC(=O)CCCCCCCCCCCC)COP(=O)(O)OC[C@H](O)COP(=O)(O)OC[C@@H](COC(=O)CCCCCCCCCCCCCC(C)C)OC(=O)CCCCCCCCCCCCCCCCCCCCC(C)C. The molecule has 0 aromatic rings. The second-order valence-corrected chi connectivity index (χ2v) is 32.0. The van der Waals surface area contributed by atoms with Crippen molar-refractivity contribution in [3.63, 3.8) is 0 Å². The van der Waals surface area contributed by atoms with Crippen LogP contribution in [0.4, 0.5) is 0 Å². The first kappa shape index (κ1) is 95.1. The third-order valence-corrected chi connectivity index (χ3v) is 20.1. The first-order valence-corrected chi connectivity index (χ1v) is 43.5. The van der Waals surface area contributed by atoms with Gasteiger partial charge in [-0.2, -0.15) is 0 Å². The van der Waals surface area contributed by atoms with Crippen molar-refractivity contribution in [3.05, 3.63) is 0 Å². The molecule has 0 aliphatic heterocycles. The smallest absolute Gasteiger partial charge is 0.462 e. The lowest BCUT2D eigenvalue weighted by Crippen LogP contribution is -2.30. The molecule has 0 spiro atoms. The molecule has 0 aromatic carbocycles. The maximum absolute atomic E-state index is 13.1.